The maximum atomic E-state index is 12.7. The molecule has 0 aliphatic carbocycles. The molecule has 2 unspecified atom stereocenters. The molecular weight excluding hydrogens is 458 g/mol. The van der Waals surface area contributed by atoms with Crippen LogP contribution in [-0.2, 0) is 19.2 Å². The molecule has 0 saturated carbocycles. The molecule has 1 saturated heterocycles. The number of hydrogen-bond donors (Lipinski definition) is 3. The predicted molar refractivity (Wildman–Crippen MR) is 116 cm³/mol. The maximum absolute atomic E-state index is 12.7. The molecule has 0 bridgehead atoms. The number of carboxylic acid groups (broad SMARTS) is 1. The first-order valence-electron chi connectivity index (χ1n) is 8.08. The molecule has 10 nitrogen and oxygen atoms in total. The zero-order valence-corrected chi connectivity index (χ0v) is 18.5. The quantitative estimate of drug-likeness (QED) is 0.214. The van der Waals surface area contributed by atoms with Gasteiger partial charge >= 0.3 is 5.97 Å². The largest absolute Gasteiger partial charge is 0.477 e. The second-order valence-electron chi connectivity index (χ2n) is 5.74. The number of anilines is 1. The maximum Gasteiger partial charge on any atom is 0.352 e. The van der Waals surface area contributed by atoms with Crippen molar-refractivity contribution in [3.63, 3.8) is 0 Å². The van der Waals surface area contributed by atoms with Gasteiger partial charge in [-0.3, -0.25) is 14.5 Å². The Labute approximate surface area is 182 Å². The minimum Gasteiger partial charge on any atom is -0.477 e. The summed E-state index contributed by atoms with van der Waals surface area (Å²) in [6.45, 7) is 0. The van der Waals surface area contributed by atoms with Gasteiger partial charge in [0.2, 0.25) is 0 Å². The van der Waals surface area contributed by atoms with Crippen LogP contribution in [0.5, 0.6) is 0 Å². The molecule has 156 valence electrons. The van der Waals surface area contributed by atoms with Gasteiger partial charge in [-0.2, -0.15) is 0 Å². The van der Waals surface area contributed by atoms with Gasteiger partial charge < -0.3 is 21.0 Å². The zero-order chi connectivity index (χ0) is 21.1. The number of amides is 2. The number of thiazole rings is 1. The summed E-state index contributed by atoms with van der Waals surface area (Å²) >= 11 is 2.55. The molecule has 2 atom stereocenters. The van der Waals surface area contributed by atoms with E-state index in [0.717, 1.165) is 11.3 Å². The highest BCUT2D eigenvalue weighted by Crippen LogP contribution is 2.41. The summed E-state index contributed by atoms with van der Waals surface area (Å²) in [5, 5.41) is 17.2. The highest BCUT2D eigenvalue weighted by atomic mass is 33.1. The van der Waals surface area contributed by atoms with Gasteiger partial charge in [-0.1, -0.05) is 26.7 Å². The molecule has 0 radical (unpaired) electrons. The van der Waals surface area contributed by atoms with Gasteiger partial charge in [0.15, 0.2) is 10.8 Å². The van der Waals surface area contributed by atoms with Gasteiger partial charge in [-0.05, 0) is 11.8 Å². The number of nitrogen functional groups attached to an aromatic ring is 1. The van der Waals surface area contributed by atoms with Crippen molar-refractivity contribution in [2.24, 2.45) is 5.16 Å². The van der Waals surface area contributed by atoms with Gasteiger partial charge in [-0.15, -0.1) is 23.1 Å². The first-order chi connectivity index (χ1) is 13.9. The summed E-state index contributed by atoms with van der Waals surface area (Å²) < 4.78 is 0. The van der Waals surface area contributed by atoms with Gasteiger partial charge in [-0.25, -0.2) is 9.78 Å². The number of nitrogens with one attached hydrogen (secondary N) is 1. The average molecular weight is 476 g/mol. The van der Waals surface area contributed by atoms with Gasteiger partial charge in [0.1, 0.15) is 29.9 Å². The Kier molecular flexibility index (Phi) is 6.97. The average Bonchev–Trinajstić information content (AvgIpc) is 3.13. The fourth-order valence-electron chi connectivity index (χ4n) is 2.83. The number of carboxylic acids is 1. The zero-order valence-electron chi connectivity index (χ0n) is 15.3. The smallest absolute Gasteiger partial charge is 0.352 e. The number of aromatic nitrogens is 1. The second-order valence-corrected chi connectivity index (χ2v) is 10.3. The van der Waals surface area contributed by atoms with Crippen LogP contribution in [0, 0.1) is 0 Å². The van der Waals surface area contributed by atoms with E-state index in [1.807, 2.05) is 6.26 Å². The Morgan fingerprint density at radius 3 is 2.90 bits per heavy atom. The van der Waals surface area contributed by atoms with Crippen LogP contribution < -0.4 is 11.1 Å². The van der Waals surface area contributed by atoms with Gasteiger partial charge in [0.05, 0.1) is 0 Å². The lowest BCUT2D eigenvalue weighted by molar-refractivity contribution is -0.150. The summed E-state index contributed by atoms with van der Waals surface area (Å²) in [4.78, 5) is 47.1. The number of hydrogen-bond acceptors (Lipinski definition) is 11. The van der Waals surface area contributed by atoms with Crippen LogP contribution >= 0.6 is 44.7 Å². The molecule has 1 aromatic heterocycles. The van der Waals surface area contributed by atoms with Crippen molar-refractivity contribution in [2.45, 2.75) is 11.4 Å². The van der Waals surface area contributed by atoms with Crippen LogP contribution in [0.4, 0.5) is 5.13 Å². The number of carbonyl (C=O) groups excluding carboxylic acids is 2. The lowest BCUT2D eigenvalue weighted by atomic mass is 10.0. The fourth-order valence-corrected chi connectivity index (χ4v) is 6.13. The Bertz CT molecular complexity index is 901. The highest BCUT2D eigenvalue weighted by Gasteiger charge is 2.54. The van der Waals surface area contributed by atoms with E-state index in [4.69, 9.17) is 10.6 Å². The molecule has 4 N–H and O–H groups in total. The van der Waals surface area contributed by atoms with Crippen molar-refractivity contribution in [3.8, 4) is 0 Å². The third-order valence-electron chi connectivity index (χ3n) is 4.05. The minimum absolute atomic E-state index is 0.00357. The van der Waals surface area contributed by atoms with Crippen LogP contribution in [0.15, 0.2) is 21.8 Å². The number of thioether (sulfide) groups is 1. The first kappa shape index (κ1) is 21.8. The van der Waals surface area contributed by atoms with E-state index in [0.29, 0.717) is 17.1 Å². The third-order valence-corrected chi connectivity index (χ3v) is 7.83. The summed E-state index contributed by atoms with van der Waals surface area (Å²) in [5.74, 6) is -1.30. The molecular formula is C15H17N5O5S4. The molecule has 2 aliphatic heterocycles. The number of nitrogens with zero attached hydrogens (tertiary/aromatic N) is 3. The SMILES string of the molecule is CON=C(C(=O)NC1C(=O)N2C(C(=O)O)=C(CSSC)CSC12)c1csc(N)n1. The Morgan fingerprint density at radius 2 is 2.31 bits per heavy atom. The van der Waals surface area contributed by atoms with Crippen molar-refractivity contribution in [3.05, 3.63) is 22.3 Å². The number of fused-ring (bicyclic) bond motifs is 1. The summed E-state index contributed by atoms with van der Waals surface area (Å²) in [7, 11) is 4.33. The van der Waals surface area contributed by atoms with Crippen LogP contribution in [-0.4, -0.2) is 74.8 Å². The molecule has 3 heterocycles. The molecule has 1 fully saturated rings. The molecule has 1 aromatic rings. The first-order valence-corrected chi connectivity index (χ1v) is 12.7. The lowest BCUT2D eigenvalue weighted by Crippen LogP contribution is -2.71. The van der Waals surface area contributed by atoms with E-state index < -0.39 is 29.2 Å². The van der Waals surface area contributed by atoms with E-state index in [2.05, 4.69) is 15.5 Å². The molecule has 0 aromatic carbocycles. The van der Waals surface area contributed by atoms with E-state index >= 15 is 0 Å². The van der Waals surface area contributed by atoms with Crippen LogP contribution in [0.3, 0.4) is 0 Å². The third kappa shape index (κ3) is 4.34. The molecule has 29 heavy (non-hydrogen) atoms. The van der Waals surface area contributed by atoms with Crippen molar-refractivity contribution < 1.29 is 24.3 Å². The van der Waals surface area contributed by atoms with E-state index in [9.17, 15) is 19.5 Å². The van der Waals surface area contributed by atoms with Crippen LogP contribution in [0.2, 0.25) is 0 Å². The standard InChI is InChI=1S/C15H17N5O5S4/c1-25-19-8(7-5-28-15(16)17-7)11(21)18-9-12(22)20-10(14(23)24)6(4-29-26-2)3-27-13(9)20/h5,9,13H,3-4H2,1-2H3,(H2,16,17)(H,18,21)(H,23,24). The van der Waals surface area contributed by atoms with Crippen molar-refractivity contribution in [2.75, 3.05) is 30.6 Å². The second kappa shape index (κ2) is 9.28. The van der Waals surface area contributed by atoms with Crippen molar-refractivity contribution in [1.29, 1.82) is 0 Å². The van der Waals surface area contributed by atoms with Crippen molar-refractivity contribution in [1.82, 2.24) is 15.2 Å². The van der Waals surface area contributed by atoms with Crippen LogP contribution in [0.25, 0.3) is 0 Å². The lowest BCUT2D eigenvalue weighted by Gasteiger charge is -2.49. The number of carbonyl (C=O) groups is 3. The summed E-state index contributed by atoms with van der Waals surface area (Å²) in [5.41, 5.74) is 6.42. The monoisotopic (exact) mass is 475 g/mol. The normalized spacial score (nSPS) is 21.5. The number of rotatable bonds is 8. The Hall–Kier alpha value is -1.90. The van der Waals surface area contributed by atoms with Crippen LogP contribution in [0.1, 0.15) is 5.69 Å². The summed E-state index contributed by atoms with van der Waals surface area (Å²) in [6.07, 6.45) is 1.90. The number of oxime groups is 1. The fraction of sp³-hybridized carbons (Fsp3) is 0.400. The molecule has 3 rings (SSSR count). The predicted octanol–water partition coefficient (Wildman–Crippen LogP) is 0.826. The van der Waals surface area contributed by atoms with Gasteiger partial charge in [0.25, 0.3) is 11.8 Å². The van der Waals surface area contributed by atoms with E-state index in [1.165, 1.54) is 45.4 Å². The van der Waals surface area contributed by atoms with Gasteiger partial charge in [0, 0.05) is 16.9 Å². The number of β-lactam (4-membered cyclic amide) rings is 1. The summed E-state index contributed by atoms with van der Waals surface area (Å²) in [6, 6.07) is -0.866. The van der Waals surface area contributed by atoms with Crippen molar-refractivity contribution >= 4 is 73.3 Å². The minimum atomic E-state index is -1.15. The molecule has 14 heteroatoms. The molecule has 2 amide bonds. The highest BCUT2D eigenvalue weighted by molar-refractivity contribution is 8.76. The molecule has 2 aliphatic rings. The number of aliphatic carboxylic acids is 1. The topological polar surface area (TPSA) is 147 Å². The number of nitrogens with two attached hydrogens (primary N) is 1. The van der Waals surface area contributed by atoms with E-state index in [-0.39, 0.29) is 22.2 Å². The Balaban J connectivity index is 1.77. The molecule has 0 spiro atoms. The van der Waals surface area contributed by atoms with E-state index in [1.54, 1.807) is 5.38 Å². The Morgan fingerprint density at radius 1 is 1.55 bits per heavy atom.